The van der Waals surface area contributed by atoms with Gasteiger partial charge in [-0.25, -0.2) is 0 Å². The third-order valence-corrected chi connectivity index (χ3v) is 2.61. The fraction of sp³-hybridized carbons (Fsp3) is 0.733. The lowest BCUT2D eigenvalue weighted by Crippen LogP contribution is -1.79. The molecule has 0 aliphatic carbocycles. The fourth-order valence-electron chi connectivity index (χ4n) is 1.63. The first-order valence-electron chi connectivity index (χ1n) is 6.60. The number of allylic oxidation sites excluding steroid dienone is 3. The van der Waals surface area contributed by atoms with Gasteiger partial charge in [0.1, 0.15) is 0 Å². The molecule has 15 heavy (non-hydrogen) atoms. The summed E-state index contributed by atoms with van der Waals surface area (Å²) in [6.07, 6.45) is 19.5. The van der Waals surface area contributed by atoms with E-state index in [1.54, 1.807) is 6.08 Å². The van der Waals surface area contributed by atoms with Crippen molar-refractivity contribution < 1.29 is 0 Å². The first-order chi connectivity index (χ1) is 7.41. The van der Waals surface area contributed by atoms with Crippen molar-refractivity contribution in [3.8, 4) is 0 Å². The monoisotopic (exact) mass is 207 g/mol. The second-order valence-corrected chi connectivity index (χ2v) is 4.19. The molecule has 0 bridgehead atoms. The highest BCUT2D eigenvalue weighted by molar-refractivity contribution is 4.80. The maximum absolute atomic E-state index is 5.32. The Hall–Kier alpha value is -0.520. The Morgan fingerprint density at radius 2 is 1.27 bits per heavy atom. The number of unbranched alkanes of at least 4 members (excludes halogenated alkanes) is 8. The Labute approximate surface area is 96.5 Å². The van der Waals surface area contributed by atoms with Crippen LogP contribution in [-0.2, 0) is 0 Å². The van der Waals surface area contributed by atoms with Crippen LogP contribution >= 0.6 is 0 Å². The Morgan fingerprint density at radius 1 is 0.733 bits per heavy atom. The predicted molar refractivity (Wildman–Crippen MR) is 69.9 cm³/mol. The van der Waals surface area contributed by atoms with Crippen molar-refractivity contribution in [3.05, 3.63) is 24.8 Å². The Morgan fingerprint density at radius 3 is 1.87 bits per heavy atom. The molecule has 0 aliphatic heterocycles. The quantitative estimate of drug-likeness (QED) is 0.312. The number of rotatable bonds is 11. The zero-order chi connectivity index (χ0) is 11.2. The van der Waals surface area contributed by atoms with Gasteiger partial charge in [0.05, 0.1) is 0 Å². The van der Waals surface area contributed by atoms with Crippen LogP contribution < -0.4 is 0 Å². The molecule has 0 amide bonds. The van der Waals surface area contributed by atoms with E-state index < -0.39 is 0 Å². The standard InChI is InChI=1S/C15H27/c1-3-5-7-9-11-13-15-14-12-10-8-6-4-2/h1,3,8,10H,4-7,9,11-15H2,2H3. The minimum Gasteiger partial charge on any atom is -0.0885 e. The maximum atomic E-state index is 5.32. The Bertz CT molecular complexity index is 144. The molecule has 0 aliphatic rings. The molecular weight excluding hydrogens is 180 g/mol. The molecule has 0 aromatic carbocycles. The number of hydrogen-bond donors (Lipinski definition) is 0. The summed E-state index contributed by atoms with van der Waals surface area (Å²) in [6.45, 7) is 7.54. The summed E-state index contributed by atoms with van der Waals surface area (Å²) >= 11 is 0. The highest BCUT2D eigenvalue weighted by atomic mass is 14.0. The van der Waals surface area contributed by atoms with Gasteiger partial charge in [0, 0.05) is 0 Å². The summed E-state index contributed by atoms with van der Waals surface area (Å²) in [5.41, 5.74) is 0. The minimum atomic E-state index is 1.08. The predicted octanol–water partition coefficient (Wildman–Crippen LogP) is 5.45. The van der Waals surface area contributed by atoms with Crippen LogP contribution in [0.4, 0.5) is 0 Å². The topological polar surface area (TPSA) is 0 Å². The third-order valence-electron chi connectivity index (χ3n) is 2.61. The van der Waals surface area contributed by atoms with Crippen molar-refractivity contribution in [3.63, 3.8) is 0 Å². The van der Waals surface area contributed by atoms with Crippen LogP contribution in [0.5, 0.6) is 0 Å². The minimum absolute atomic E-state index is 1.08. The highest BCUT2D eigenvalue weighted by Gasteiger charge is 1.89. The van der Waals surface area contributed by atoms with Gasteiger partial charge in [0.2, 0.25) is 0 Å². The Balaban J connectivity index is 2.95. The van der Waals surface area contributed by atoms with Gasteiger partial charge in [0.15, 0.2) is 0 Å². The van der Waals surface area contributed by atoms with E-state index >= 15 is 0 Å². The molecule has 0 nitrogen and oxygen atoms in total. The van der Waals surface area contributed by atoms with Crippen LogP contribution in [0.3, 0.4) is 0 Å². The summed E-state index contributed by atoms with van der Waals surface area (Å²) in [5, 5.41) is 0. The van der Waals surface area contributed by atoms with Gasteiger partial charge in [0.25, 0.3) is 0 Å². The summed E-state index contributed by atoms with van der Waals surface area (Å²) in [4.78, 5) is 0. The van der Waals surface area contributed by atoms with Crippen LogP contribution in [0.2, 0.25) is 0 Å². The second kappa shape index (κ2) is 13.5. The fourth-order valence-corrected chi connectivity index (χ4v) is 1.63. The molecule has 0 saturated carbocycles. The molecule has 0 spiro atoms. The molecule has 0 aromatic heterocycles. The second-order valence-electron chi connectivity index (χ2n) is 4.19. The van der Waals surface area contributed by atoms with Crippen molar-refractivity contribution in [2.24, 2.45) is 0 Å². The zero-order valence-corrected chi connectivity index (χ0v) is 10.4. The van der Waals surface area contributed by atoms with Crippen molar-refractivity contribution in [1.82, 2.24) is 0 Å². The van der Waals surface area contributed by atoms with Crippen molar-refractivity contribution >= 4 is 0 Å². The van der Waals surface area contributed by atoms with E-state index in [-0.39, 0.29) is 0 Å². The van der Waals surface area contributed by atoms with E-state index in [1.807, 2.05) is 0 Å². The molecule has 0 rings (SSSR count). The van der Waals surface area contributed by atoms with E-state index in [1.165, 1.54) is 57.8 Å². The van der Waals surface area contributed by atoms with Crippen LogP contribution in [0.25, 0.3) is 0 Å². The van der Waals surface area contributed by atoms with E-state index in [4.69, 9.17) is 6.58 Å². The summed E-state index contributed by atoms with van der Waals surface area (Å²) in [5.74, 6) is 0. The van der Waals surface area contributed by atoms with Gasteiger partial charge in [-0.15, -0.1) is 0 Å². The maximum Gasteiger partial charge on any atom is -0.0348 e. The van der Waals surface area contributed by atoms with Gasteiger partial charge in [-0.3, -0.25) is 0 Å². The first-order valence-corrected chi connectivity index (χ1v) is 6.60. The smallest absolute Gasteiger partial charge is 0.0348 e. The largest absolute Gasteiger partial charge is 0.0885 e. The summed E-state index contributed by atoms with van der Waals surface area (Å²) in [6, 6.07) is 0. The van der Waals surface area contributed by atoms with Crippen molar-refractivity contribution in [1.29, 1.82) is 0 Å². The lowest BCUT2D eigenvalue weighted by Gasteiger charge is -1.98. The van der Waals surface area contributed by atoms with Crippen LogP contribution in [0, 0.1) is 6.58 Å². The Kier molecular flexibility index (Phi) is 13.0. The molecular formula is C15H27. The summed E-state index contributed by atoms with van der Waals surface area (Å²) < 4.78 is 0. The molecule has 0 atom stereocenters. The summed E-state index contributed by atoms with van der Waals surface area (Å²) in [7, 11) is 0. The number of hydrogen-bond acceptors (Lipinski definition) is 0. The molecule has 0 unspecified atom stereocenters. The third kappa shape index (κ3) is 13.5. The SMILES string of the molecule is [CH]=CCCCCCCCCC=CCCC. The molecule has 0 heterocycles. The molecule has 1 radical (unpaired) electrons. The van der Waals surface area contributed by atoms with Gasteiger partial charge < -0.3 is 0 Å². The van der Waals surface area contributed by atoms with E-state index in [9.17, 15) is 0 Å². The normalized spacial score (nSPS) is 11.0. The van der Waals surface area contributed by atoms with Crippen molar-refractivity contribution in [2.45, 2.75) is 71.1 Å². The van der Waals surface area contributed by atoms with Crippen LogP contribution in [0.1, 0.15) is 71.1 Å². The first kappa shape index (κ1) is 14.5. The van der Waals surface area contributed by atoms with E-state index in [2.05, 4.69) is 19.1 Å². The molecule has 0 N–H and O–H groups in total. The lowest BCUT2D eigenvalue weighted by molar-refractivity contribution is 0.600. The van der Waals surface area contributed by atoms with Gasteiger partial charge in [-0.1, -0.05) is 63.8 Å². The van der Waals surface area contributed by atoms with E-state index in [0.717, 1.165) is 6.42 Å². The highest BCUT2D eigenvalue weighted by Crippen LogP contribution is 2.09. The van der Waals surface area contributed by atoms with Crippen LogP contribution in [-0.4, -0.2) is 0 Å². The average Bonchev–Trinajstić information content (AvgIpc) is 2.26. The van der Waals surface area contributed by atoms with Gasteiger partial charge in [-0.2, -0.15) is 0 Å². The molecule has 0 aromatic rings. The van der Waals surface area contributed by atoms with E-state index in [0.29, 0.717) is 0 Å². The van der Waals surface area contributed by atoms with Gasteiger partial charge in [-0.05, 0) is 32.1 Å². The van der Waals surface area contributed by atoms with Crippen molar-refractivity contribution in [2.75, 3.05) is 0 Å². The molecule has 87 valence electrons. The molecule has 0 heteroatoms. The molecule has 0 fully saturated rings. The zero-order valence-electron chi connectivity index (χ0n) is 10.4. The lowest BCUT2D eigenvalue weighted by atomic mass is 10.1. The molecule has 0 saturated heterocycles. The average molecular weight is 207 g/mol. The van der Waals surface area contributed by atoms with Crippen LogP contribution in [0.15, 0.2) is 18.2 Å². The van der Waals surface area contributed by atoms with Gasteiger partial charge >= 0.3 is 0 Å².